The third-order valence-electron chi connectivity index (χ3n) is 3.52. The van der Waals surface area contributed by atoms with E-state index in [1.165, 1.54) is 19.3 Å². The molecule has 0 atom stereocenters. The Morgan fingerprint density at radius 3 is 2.53 bits per heavy atom. The van der Waals surface area contributed by atoms with Gasteiger partial charge < -0.3 is 10.6 Å². The fourth-order valence-corrected chi connectivity index (χ4v) is 2.11. The summed E-state index contributed by atoms with van der Waals surface area (Å²) in [4.78, 5) is 13.8. The maximum Gasteiger partial charge on any atom is 0.226 e. The van der Waals surface area contributed by atoms with Crippen LogP contribution in [0.4, 0.5) is 5.69 Å². The number of likely N-dealkylation sites (N-methyl/N-ethyl adjacent to an activating group) is 1. The molecule has 3 heteroatoms. The van der Waals surface area contributed by atoms with Gasteiger partial charge in [-0.25, -0.2) is 0 Å². The van der Waals surface area contributed by atoms with E-state index in [1.54, 1.807) is 0 Å². The predicted octanol–water partition coefficient (Wildman–Crippen LogP) is 2.07. The fourth-order valence-electron chi connectivity index (χ4n) is 2.11. The third kappa shape index (κ3) is 3.22. The van der Waals surface area contributed by atoms with Crippen molar-refractivity contribution >= 4 is 11.6 Å². The van der Waals surface area contributed by atoms with Crippen molar-refractivity contribution < 1.29 is 4.79 Å². The summed E-state index contributed by atoms with van der Waals surface area (Å²) in [6.45, 7) is 0.911. The fraction of sp³-hybridized carbons (Fsp3) is 0.500. The maximum absolute atomic E-state index is 12.0. The van der Waals surface area contributed by atoms with E-state index in [0.29, 0.717) is 6.42 Å². The Morgan fingerprint density at radius 1 is 1.35 bits per heavy atom. The summed E-state index contributed by atoms with van der Waals surface area (Å²) >= 11 is 0. The van der Waals surface area contributed by atoms with Crippen LogP contribution in [0, 0.1) is 5.92 Å². The average Bonchev–Trinajstić information content (AvgIpc) is 2.26. The second kappa shape index (κ2) is 5.21. The number of nitrogens with zero attached hydrogens (tertiary/aromatic N) is 1. The summed E-state index contributed by atoms with van der Waals surface area (Å²) < 4.78 is 0. The quantitative estimate of drug-likeness (QED) is 0.808. The SMILES string of the molecule is CN(CC1CCC1)C(=O)Cc1ccc(N)cc1. The molecule has 0 radical (unpaired) electrons. The molecule has 0 aromatic heterocycles. The van der Waals surface area contributed by atoms with Gasteiger partial charge in [-0.2, -0.15) is 0 Å². The van der Waals surface area contributed by atoms with Gasteiger partial charge in [0.2, 0.25) is 5.91 Å². The number of anilines is 1. The van der Waals surface area contributed by atoms with Crippen LogP contribution in [0.2, 0.25) is 0 Å². The molecule has 92 valence electrons. The van der Waals surface area contributed by atoms with Crippen LogP contribution in [0.1, 0.15) is 24.8 Å². The summed E-state index contributed by atoms with van der Waals surface area (Å²) in [5.74, 6) is 0.928. The molecule has 0 unspecified atom stereocenters. The van der Waals surface area contributed by atoms with E-state index in [-0.39, 0.29) is 5.91 Å². The van der Waals surface area contributed by atoms with E-state index in [9.17, 15) is 4.79 Å². The second-order valence-corrected chi connectivity index (χ2v) is 4.99. The van der Waals surface area contributed by atoms with Crippen molar-refractivity contribution in [2.75, 3.05) is 19.3 Å². The normalized spacial score (nSPS) is 15.4. The molecule has 1 aliphatic rings. The van der Waals surface area contributed by atoms with Crippen LogP contribution in [-0.2, 0) is 11.2 Å². The first-order chi connectivity index (χ1) is 8.15. The van der Waals surface area contributed by atoms with Crippen molar-refractivity contribution in [1.82, 2.24) is 4.90 Å². The third-order valence-corrected chi connectivity index (χ3v) is 3.52. The first kappa shape index (κ1) is 12.0. The lowest BCUT2D eigenvalue weighted by molar-refractivity contribution is -0.130. The second-order valence-electron chi connectivity index (χ2n) is 4.99. The van der Waals surface area contributed by atoms with Crippen molar-refractivity contribution in [3.8, 4) is 0 Å². The van der Waals surface area contributed by atoms with Gasteiger partial charge in [-0.1, -0.05) is 18.6 Å². The largest absolute Gasteiger partial charge is 0.399 e. The Balaban J connectivity index is 1.84. The minimum atomic E-state index is 0.196. The molecule has 1 aliphatic carbocycles. The summed E-state index contributed by atoms with van der Waals surface area (Å²) in [5.41, 5.74) is 7.39. The number of amides is 1. The minimum Gasteiger partial charge on any atom is -0.399 e. The van der Waals surface area contributed by atoms with E-state index in [4.69, 9.17) is 5.73 Å². The highest BCUT2D eigenvalue weighted by molar-refractivity contribution is 5.78. The topological polar surface area (TPSA) is 46.3 Å². The van der Waals surface area contributed by atoms with Crippen LogP contribution in [0.3, 0.4) is 0 Å². The predicted molar refractivity (Wildman–Crippen MR) is 69.5 cm³/mol. The smallest absolute Gasteiger partial charge is 0.226 e. The molecule has 2 N–H and O–H groups in total. The molecule has 1 saturated carbocycles. The zero-order chi connectivity index (χ0) is 12.3. The zero-order valence-electron chi connectivity index (χ0n) is 10.4. The Bertz CT molecular complexity index is 382. The molecule has 0 bridgehead atoms. The molecule has 17 heavy (non-hydrogen) atoms. The van der Waals surface area contributed by atoms with E-state index in [0.717, 1.165) is 23.7 Å². The highest BCUT2D eigenvalue weighted by Gasteiger charge is 2.21. The van der Waals surface area contributed by atoms with Gasteiger partial charge in [-0.15, -0.1) is 0 Å². The van der Waals surface area contributed by atoms with Crippen LogP contribution in [0.25, 0.3) is 0 Å². The van der Waals surface area contributed by atoms with Gasteiger partial charge in [-0.05, 0) is 36.5 Å². The van der Waals surface area contributed by atoms with Gasteiger partial charge in [0.05, 0.1) is 6.42 Å². The lowest BCUT2D eigenvalue weighted by Gasteiger charge is -2.30. The van der Waals surface area contributed by atoms with Crippen molar-refractivity contribution in [3.05, 3.63) is 29.8 Å². The number of benzene rings is 1. The Hall–Kier alpha value is -1.51. The van der Waals surface area contributed by atoms with E-state index in [2.05, 4.69) is 0 Å². The van der Waals surface area contributed by atoms with Crippen LogP contribution in [0.5, 0.6) is 0 Å². The van der Waals surface area contributed by atoms with Crippen molar-refractivity contribution in [2.24, 2.45) is 5.92 Å². The first-order valence-corrected chi connectivity index (χ1v) is 6.23. The lowest BCUT2D eigenvalue weighted by Crippen LogP contribution is -2.35. The lowest BCUT2D eigenvalue weighted by atomic mass is 9.85. The summed E-state index contributed by atoms with van der Waals surface area (Å²) in [5, 5.41) is 0. The monoisotopic (exact) mass is 232 g/mol. The van der Waals surface area contributed by atoms with Crippen molar-refractivity contribution in [1.29, 1.82) is 0 Å². The Labute approximate surface area is 103 Å². The average molecular weight is 232 g/mol. The van der Waals surface area contributed by atoms with E-state index in [1.807, 2.05) is 36.2 Å². The Morgan fingerprint density at radius 2 is 2.00 bits per heavy atom. The molecule has 3 nitrogen and oxygen atoms in total. The van der Waals surface area contributed by atoms with Gasteiger partial charge in [0.1, 0.15) is 0 Å². The number of hydrogen-bond acceptors (Lipinski definition) is 2. The van der Waals surface area contributed by atoms with Gasteiger partial charge in [0, 0.05) is 19.3 Å². The summed E-state index contributed by atoms with van der Waals surface area (Å²) in [7, 11) is 1.90. The molecule has 2 rings (SSSR count). The number of nitrogen functional groups attached to an aromatic ring is 1. The van der Waals surface area contributed by atoms with E-state index >= 15 is 0 Å². The molecule has 0 spiro atoms. The van der Waals surface area contributed by atoms with E-state index < -0.39 is 0 Å². The number of nitrogens with two attached hydrogens (primary N) is 1. The molecule has 0 aliphatic heterocycles. The highest BCUT2D eigenvalue weighted by atomic mass is 16.2. The van der Waals surface area contributed by atoms with Gasteiger partial charge in [0.25, 0.3) is 0 Å². The zero-order valence-corrected chi connectivity index (χ0v) is 10.4. The number of rotatable bonds is 4. The van der Waals surface area contributed by atoms with Crippen LogP contribution < -0.4 is 5.73 Å². The molecule has 1 amide bonds. The molecule has 1 aromatic rings. The molecule has 0 heterocycles. The number of carbonyl (C=O) groups is 1. The molecule has 1 aromatic carbocycles. The molecular weight excluding hydrogens is 212 g/mol. The van der Waals surface area contributed by atoms with Crippen LogP contribution >= 0.6 is 0 Å². The van der Waals surface area contributed by atoms with Crippen molar-refractivity contribution in [3.63, 3.8) is 0 Å². The molecular formula is C14H20N2O. The summed E-state index contributed by atoms with van der Waals surface area (Å²) in [6.07, 6.45) is 4.35. The maximum atomic E-state index is 12.0. The number of hydrogen-bond donors (Lipinski definition) is 1. The molecule has 1 fully saturated rings. The van der Waals surface area contributed by atoms with Crippen molar-refractivity contribution in [2.45, 2.75) is 25.7 Å². The first-order valence-electron chi connectivity index (χ1n) is 6.23. The number of carbonyl (C=O) groups excluding carboxylic acids is 1. The van der Waals surface area contributed by atoms with Gasteiger partial charge >= 0.3 is 0 Å². The van der Waals surface area contributed by atoms with Gasteiger partial charge in [0.15, 0.2) is 0 Å². The highest BCUT2D eigenvalue weighted by Crippen LogP contribution is 2.26. The van der Waals surface area contributed by atoms with Crippen LogP contribution in [-0.4, -0.2) is 24.4 Å². The van der Waals surface area contributed by atoms with Crippen LogP contribution in [0.15, 0.2) is 24.3 Å². The summed E-state index contributed by atoms with van der Waals surface area (Å²) in [6, 6.07) is 7.53. The van der Waals surface area contributed by atoms with Gasteiger partial charge in [-0.3, -0.25) is 4.79 Å². The minimum absolute atomic E-state index is 0.196. The molecule has 0 saturated heterocycles. The standard InChI is InChI=1S/C14H20N2O/c1-16(10-12-3-2-4-12)14(17)9-11-5-7-13(15)8-6-11/h5-8,12H,2-4,9-10,15H2,1H3. The Kier molecular flexibility index (Phi) is 3.67.